The summed E-state index contributed by atoms with van der Waals surface area (Å²) in [5.74, 6) is 0.405. The molecule has 36 heavy (non-hydrogen) atoms. The van der Waals surface area contributed by atoms with Crippen LogP contribution in [0.1, 0.15) is 5.56 Å². The summed E-state index contributed by atoms with van der Waals surface area (Å²) in [6, 6.07) is 36.9. The first kappa shape index (κ1) is 24.2. The van der Waals surface area contributed by atoms with Gasteiger partial charge in [-0.3, -0.25) is 4.90 Å². The number of benzene rings is 3. The average molecular weight is 542 g/mol. The van der Waals surface area contributed by atoms with Gasteiger partial charge in [0.05, 0.1) is 25.7 Å². The third-order valence-electron chi connectivity index (χ3n) is 5.92. The molecule has 0 fully saturated rings. The van der Waals surface area contributed by atoms with Crippen molar-refractivity contribution >= 4 is 36.2 Å². The van der Waals surface area contributed by atoms with E-state index in [9.17, 15) is 0 Å². The van der Waals surface area contributed by atoms with E-state index in [1.165, 1.54) is 10.9 Å². The summed E-state index contributed by atoms with van der Waals surface area (Å²) in [5, 5.41) is 1.36. The molecule has 7 heteroatoms. The normalized spacial score (nSPS) is 11.8. The third-order valence-corrected chi connectivity index (χ3v) is 8.57. The minimum atomic E-state index is -1.09. The molecular formula is C29H23N3O2PZn+. The number of rotatable bonds is 8. The zero-order chi connectivity index (χ0) is 23.5. The van der Waals surface area contributed by atoms with Crippen LogP contribution in [-0.2, 0) is 25.6 Å². The Morgan fingerprint density at radius 3 is 2.39 bits per heavy atom. The second-order valence-corrected chi connectivity index (χ2v) is 10.7. The molecule has 6 aromatic rings. The van der Waals surface area contributed by atoms with Crippen molar-refractivity contribution in [1.29, 1.82) is 0 Å². The molecule has 0 saturated heterocycles. The summed E-state index contributed by atoms with van der Waals surface area (Å²) in [4.78, 5) is 7.06. The van der Waals surface area contributed by atoms with Crippen LogP contribution in [0.3, 0.4) is 0 Å². The van der Waals surface area contributed by atoms with Gasteiger partial charge in [-0.25, -0.2) is 0 Å². The van der Waals surface area contributed by atoms with Gasteiger partial charge in [0.25, 0.3) is 0 Å². The van der Waals surface area contributed by atoms with Crippen LogP contribution in [-0.4, -0.2) is 15.8 Å². The molecule has 3 heterocycles. The maximum atomic E-state index is 6.18. The van der Waals surface area contributed by atoms with Gasteiger partial charge in [0.15, 0.2) is 0 Å². The summed E-state index contributed by atoms with van der Waals surface area (Å²) >= 11 is 0. The number of para-hydroxylation sites is 1. The van der Waals surface area contributed by atoms with Crippen LogP contribution >= 0.6 is 7.92 Å². The van der Waals surface area contributed by atoms with Crippen molar-refractivity contribution in [3.05, 3.63) is 127 Å². The van der Waals surface area contributed by atoms with E-state index in [-0.39, 0.29) is 19.5 Å². The van der Waals surface area contributed by atoms with Crippen LogP contribution in [0.2, 0.25) is 0 Å². The number of furan rings is 1. The van der Waals surface area contributed by atoms with Crippen molar-refractivity contribution in [3.8, 4) is 5.69 Å². The Bertz CT molecular complexity index is 1500. The number of oxazole rings is 1. The predicted molar refractivity (Wildman–Crippen MR) is 141 cm³/mol. The van der Waals surface area contributed by atoms with Gasteiger partial charge >= 0.3 is 31.3 Å². The van der Waals surface area contributed by atoms with Crippen LogP contribution in [0.4, 0.5) is 11.7 Å². The smallest absolute Gasteiger partial charge is 0.446 e. The second kappa shape index (κ2) is 11.1. The van der Waals surface area contributed by atoms with Gasteiger partial charge in [-0.2, -0.15) is 41.4 Å². The van der Waals surface area contributed by atoms with E-state index in [4.69, 9.17) is 13.8 Å². The Labute approximate surface area is 223 Å². The number of hydrogen-bond acceptors (Lipinski definition) is 4. The van der Waals surface area contributed by atoms with Crippen LogP contribution in [0, 0.1) is 12.3 Å². The van der Waals surface area contributed by atoms with Crippen LogP contribution in [0.5, 0.6) is 0 Å². The molecule has 0 amide bonds. The first-order valence-corrected chi connectivity index (χ1v) is 13.4. The van der Waals surface area contributed by atoms with Gasteiger partial charge in [-0.1, -0.05) is 42.6 Å². The topological polar surface area (TPSA) is 47.3 Å². The molecule has 0 radical (unpaired) electrons. The van der Waals surface area contributed by atoms with E-state index in [2.05, 4.69) is 71.8 Å². The standard InChI is InChI=1S/C29H22N3O2P.Zn/c1-4-12-23(13-5-1)21-35(25-16-8-3-9-17-25)22-32(24-14-6-2-7-15-24)29-30-27-26(20-33-28(27)34-29)31-18-10-11-19-31;/h1-12,14-18,20H,21-22H2;/q-2;+2/p+1. The first-order chi connectivity index (χ1) is 17.3. The Hall–Kier alpha value is -3.46. The van der Waals surface area contributed by atoms with Crippen molar-refractivity contribution in [1.82, 2.24) is 9.55 Å². The molecule has 172 valence electrons. The maximum absolute atomic E-state index is 6.18. The molecule has 0 bridgehead atoms. The van der Waals surface area contributed by atoms with Crippen molar-refractivity contribution in [2.75, 3.05) is 11.2 Å². The molecule has 1 atom stereocenters. The first-order valence-electron chi connectivity index (χ1n) is 11.5. The maximum Gasteiger partial charge on any atom is 2.00 e. The molecule has 3 aromatic heterocycles. The van der Waals surface area contributed by atoms with E-state index in [1.807, 2.05) is 53.2 Å². The summed E-state index contributed by atoms with van der Waals surface area (Å²) < 4.78 is 13.8. The van der Waals surface area contributed by atoms with Crippen molar-refractivity contribution in [2.24, 2.45) is 0 Å². The minimum Gasteiger partial charge on any atom is -0.446 e. The number of fused-ring (bicyclic) bond motifs is 1. The van der Waals surface area contributed by atoms with Crippen LogP contribution in [0.15, 0.2) is 118 Å². The summed E-state index contributed by atoms with van der Waals surface area (Å²) in [6.45, 7) is 0. The van der Waals surface area contributed by atoms with Crippen molar-refractivity contribution in [3.63, 3.8) is 0 Å². The van der Waals surface area contributed by atoms with E-state index < -0.39 is 7.92 Å². The summed E-state index contributed by atoms with van der Waals surface area (Å²) in [6.07, 6.45) is 8.43. The fourth-order valence-electron chi connectivity index (χ4n) is 4.20. The van der Waals surface area contributed by atoms with Gasteiger partial charge in [-0.15, -0.1) is 17.8 Å². The quantitative estimate of drug-likeness (QED) is 0.123. The van der Waals surface area contributed by atoms with E-state index in [0.717, 1.165) is 23.8 Å². The van der Waals surface area contributed by atoms with Gasteiger partial charge < -0.3 is 13.4 Å². The molecule has 1 unspecified atom stereocenters. The molecule has 0 aliphatic heterocycles. The molecule has 6 rings (SSSR count). The average Bonchev–Trinajstić information content (AvgIpc) is 3.66. The fraction of sp³-hybridized carbons (Fsp3) is 0.0690. The predicted octanol–water partition coefficient (Wildman–Crippen LogP) is 6.64. The largest absolute Gasteiger partial charge is 2.00 e. The molecule has 0 aliphatic rings. The van der Waals surface area contributed by atoms with E-state index in [0.29, 0.717) is 17.3 Å². The van der Waals surface area contributed by atoms with Crippen LogP contribution < -0.4 is 10.2 Å². The summed E-state index contributed by atoms with van der Waals surface area (Å²) in [7, 11) is -1.09. The monoisotopic (exact) mass is 540 g/mol. The Morgan fingerprint density at radius 1 is 0.889 bits per heavy atom. The number of hydrogen-bond donors (Lipinski definition) is 0. The van der Waals surface area contributed by atoms with Crippen molar-refractivity contribution in [2.45, 2.75) is 6.16 Å². The molecule has 0 N–H and O–H groups in total. The molecule has 5 nitrogen and oxygen atoms in total. The molecule has 0 spiro atoms. The second-order valence-electron chi connectivity index (χ2n) is 8.22. The number of anilines is 2. The fourth-order valence-corrected chi connectivity index (χ4v) is 6.74. The molecule has 3 aromatic carbocycles. The Morgan fingerprint density at radius 2 is 1.67 bits per heavy atom. The number of nitrogens with zero attached hydrogens (tertiary/aromatic N) is 3. The minimum absolute atomic E-state index is 0. The number of aromatic nitrogens is 2. The third kappa shape index (κ3) is 5.07. The van der Waals surface area contributed by atoms with E-state index >= 15 is 0 Å². The zero-order valence-electron chi connectivity index (χ0n) is 19.7. The Balaban J connectivity index is 0.00000267. The molecule has 0 aliphatic carbocycles. The van der Waals surface area contributed by atoms with Gasteiger partial charge in [0.2, 0.25) is 0 Å². The van der Waals surface area contributed by atoms with Gasteiger partial charge in [0.1, 0.15) is 11.8 Å². The van der Waals surface area contributed by atoms with Gasteiger partial charge in [-0.05, 0) is 24.3 Å². The SMILES string of the molecule is [Zn+2].[c-]1ccccc1C[PH+](CN(c1ccccc1)c1nc2c(-n3[c-]ccc3)coc2o1)c1ccccc1. The van der Waals surface area contributed by atoms with Crippen LogP contribution in [0.25, 0.3) is 17.0 Å². The Kier molecular flexibility index (Phi) is 7.46. The van der Waals surface area contributed by atoms with Crippen molar-refractivity contribution < 1.29 is 28.3 Å². The molecule has 0 saturated carbocycles. The molecular weight excluding hydrogens is 519 g/mol. The van der Waals surface area contributed by atoms with Gasteiger partial charge in [0, 0.05) is 11.4 Å². The summed E-state index contributed by atoms with van der Waals surface area (Å²) in [5.41, 5.74) is 3.73. The zero-order valence-corrected chi connectivity index (χ0v) is 23.6. The van der Waals surface area contributed by atoms with E-state index in [1.54, 1.807) is 6.26 Å².